The number of benzene rings is 1. The van der Waals surface area contributed by atoms with Crippen LogP contribution in [0, 0.1) is 0 Å². The Balaban J connectivity index is 0.000000791. The van der Waals surface area contributed by atoms with Crippen molar-refractivity contribution >= 4 is 5.97 Å². The lowest BCUT2D eigenvalue weighted by molar-refractivity contribution is 0.0600. The molecule has 0 fully saturated rings. The average molecular weight is 194 g/mol. The largest absolute Gasteiger partial charge is 0.465 e. The summed E-state index contributed by atoms with van der Waals surface area (Å²) in [5.74, 6) is -0.280. The van der Waals surface area contributed by atoms with Crippen LogP contribution < -0.4 is 0 Å². The Labute approximate surface area is 85.9 Å². The summed E-state index contributed by atoms with van der Waals surface area (Å²) < 4.78 is 4.57. The maximum Gasteiger partial charge on any atom is 0.337 e. The molecule has 78 valence electrons. The van der Waals surface area contributed by atoms with Crippen LogP contribution in [0.25, 0.3) is 0 Å². The minimum absolute atomic E-state index is 0.280. The van der Waals surface area contributed by atoms with Gasteiger partial charge in [-0.05, 0) is 24.1 Å². The first kappa shape index (κ1) is 12.7. The van der Waals surface area contributed by atoms with Crippen molar-refractivity contribution in [3.63, 3.8) is 0 Å². The fourth-order valence-electron chi connectivity index (χ4n) is 0.994. The Hall–Kier alpha value is -1.31. The standard InChI is InChI=1S/C10H12O2.C2H6/c1-3-8-4-6-9(7-5-8)10(11)12-2;1-2/h4-7H,3H2,1-2H3;1-2H3. The van der Waals surface area contributed by atoms with Gasteiger partial charge in [0.25, 0.3) is 0 Å². The highest BCUT2D eigenvalue weighted by Crippen LogP contribution is 2.05. The molecule has 1 rings (SSSR count). The number of ether oxygens (including phenoxy) is 1. The lowest BCUT2D eigenvalue weighted by atomic mass is 10.1. The molecule has 14 heavy (non-hydrogen) atoms. The smallest absolute Gasteiger partial charge is 0.337 e. The molecule has 0 atom stereocenters. The second kappa shape index (κ2) is 7.13. The number of carbonyl (C=O) groups is 1. The molecule has 0 spiro atoms. The predicted molar refractivity (Wildman–Crippen MR) is 58.5 cm³/mol. The quantitative estimate of drug-likeness (QED) is 0.676. The summed E-state index contributed by atoms with van der Waals surface area (Å²) in [6.45, 7) is 6.08. The first-order chi connectivity index (χ1) is 6.77. The molecule has 2 nitrogen and oxygen atoms in total. The second-order valence-electron chi connectivity index (χ2n) is 2.54. The van der Waals surface area contributed by atoms with Gasteiger partial charge in [-0.3, -0.25) is 0 Å². The van der Waals surface area contributed by atoms with Gasteiger partial charge in [0.2, 0.25) is 0 Å². The summed E-state index contributed by atoms with van der Waals surface area (Å²) >= 11 is 0. The van der Waals surface area contributed by atoms with Crippen LogP contribution in [0.1, 0.15) is 36.7 Å². The van der Waals surface area contributed by atoms with Gasteiger partial charge < -0.3 is 4.74 Å². The van der Waals surface area contributed by atoms with Crippen molar-refractivity contribution < 1.29 is 9.53 Å². The van der Waals surface area contributed by atoms with E-state index in [1.165, 1.54) is 12.7 Å². The zero-order valence-corrected chi connectivity index (χ0v) is 9.33. The molecule has 2 heteroatoms. The zero-order chi connectivity index (χ0) is 11.0. The van der Waals surface area contributed by atoms with E-state index in [-0.39, 0.29) is 5.97 Å². The molecular weight excluding hydrogens is 176 g/mol. The van der Waals surface area contributed by atoms with Crippen molar-refractivity contribution in [2.45, 2.75) is 27.2 Å². The normalized spacial score (nSPS) is 8.57. The van der Waals surface area contributed by atoms with E-state index in [9.17, 15) is 4.79 Å². The number of hydrogen-bond donors (Lipinski definition) is 0. The maximum atomic E-state index is 11.0. The molecule has 0 heterocycles. The van der Waals surface area contributed by atoms with Crippen LogP contribution in [-0.2, 0) is 11.2 Å². The predicted octanol–water partition coefficient (Wildman–Crippen LogP) is 3.06. The molecule has 0 aliphatic heterocycles. The van der Waals surface area contributed by atoms with Crippen LogP contribution in [0.5, 0.6) is 0 Å². The van der Waals surface area contributed by atoms with Crippen molar-refractivity contribution in [2.75, 3.05) is 7.11 Å². The molecule has 0 saturated heterocycles. The SMILES string of the molecule is CC.CCc1ccc(C(=O)OC)cc1. The van der Waals surface area contributed by atoms with Gasteiger partial charge in [-0.1, -0.05) is 32.9 Å². The topological polar surface area (TPSA) is 26.3 Å². The molecule has 0 amide bonds. The molecule has 0 N–H and O–H groups in total. The average Bonchev–Trinajstić information content (AvgIpc) is 2.31. The van der Waals surface area contributed by atoms with Crippen LogP contribution in [0.2, 0.25) is 0 Å². The molecule has 0 bridgehead atoms. The third-order valence-electron chi connectivity index (χ3n) is 1.78. The Bertz CT molecular complexity index is 262. The van der Waals surface area contributed by atoms with Crippen molar-refractivity contribution in [3.05, 3.63) is 35.4 Å². The van der Waals surface area contributed by atoms with E-state index in [4.69, 9.17) is 0 Å². The Morgan fingerprint density at radius 3 is 2.07 bits per heavy atom. The zero-order valence-electron chi connectivity index (χ0n) is 9.33. The van der Waals surface area contributed by atoms with E-state index in [1.807, 2.05) is 26.0 Å². The summed E-state index contributed by atoms with van der Waals surface area (Å²) in [6.07, 6.45) is 0.988. The van der Waals surface area contributed by atoms with Crippen LogP contribution in [0.4, 0.5) is 0 Å². The van der Waals surface area contributed by atoms with Crippen molar-refractivity contribution in [1.82, 2.24) is 0 Å². The highest BCUT2D eigenvalue weighted by atomic mass is 16.5. The summed E-state index contributed by atoms with van der Waals surface area (Å²) in [5.41, 5.74) is 1.83. The van der Waals surface area contributed by atoms with Crippen LogP contribution >= 0.6 is 0 Å². The monoisotopic (exact) mass is 194 g/mol. The lowest BCUT2D eigenvalue weighted by Crippen LogP contribution is -2.00. The van der Waals surface area contributed by atoms with E-state index >= 15 is 0 Å². The molecule has 0 aliphatic carbocycles. The second-order valence-corrected chi connectivity index (χ2v) is 2.54. The Morgan fingerprint density at radius 1 is 1.21 bits per heavy atom. The van der Waals surface area contributed by atoms with Crippen LogP contribution in [0.15, 0.2) is 24.3 Å². The number of carbonyl (C=O) groups excluding carboxylic acids is 1. The van der Waals surface area contributed by atoms with Gasteiger partial charge in [-0.25, -0.2) is 4.79 Å². The summed E-state index contributed by atoms with van der Waals surface area (Å²) in [6, 6.07) is 7.44. The van der Waals surface area contributed by atoms with Crippen molar-refractivity contribution in [1.29, 1.82) is 0 Å². The maximum absolute atomic E-state index is 11.0. The van der Waals surface area contributed by atoms with E-state index in [1.54, 1.807) is 12.1 Å². The fraction of sp³-hybridized carbons (Fsp3) is 0.417. The molecule has 1 aromatic carbocycles. The Kier molecular flexibility index (Phi) is 6.46. The van der Waals surface area contributed by atoms with Crippen molar-refractivity contribution in [2.24, 2.45) is 0 Å². The van der Waals surface area contributed by atoms with E-state index in [2.05, 4.69) is 11.7 Å². The van der Waals surface area contributed by atoms with Gasteiger partial charge in [0.05, 0.1) is 12.7 Å². The third-order valence-corrected chi connectivity index (χ3v) is 1.78. The minimum Gasteiger partial charge on any atom is -0.465 e. The van der Waals surface area contributed by atoms with Gasteiger partial charge >= 0.3 is 5.97 Å². The number of rotatable bonds is 2. The molecule has 0 aliphatic rings. The van der Waals surface area contributed by atoms with Crippen LogP contribution in [-0.4, -0.2) is 13.1 Å². The van der Waals surface area contributed by atoms with Gasteiger partial charge in [0, 0.05) is 0 Å². The number of aryl methyl sites for hydroxylation is 1. The first-order valence-corrected chi connectivity index (χ1v) is 4.95. The molecule has 1 aromatic rings. The molecule has 0 unspecified atom stereocenters. The third kappa shape index (κ3) is 3.60. The summed E-state index contributed by atoms with van der Waals surface area (Å²) in [5, 5.41) is 0. The van der Waals surface area contributed by atoms with Gasteiger partial charge in [0.1, 0.15) is 0 Å². The molecule has 0 saturated carbocycles. The van der Waals surface area contributed by atoms with Crippen molar-refractivity contribution in [3.8, 4) is 0 Å². The highest BCUT2D eigenvalue weighted by Gasteiger charge is 2.02. The van der Waals surface area contributed by atoms with Gasteiger partial charge in [-0.2, -0.15) is 0 Å². The van der Waals surface area contributed by atoms with Gasteiger partial charge in [-0.15, -0.1) is 0 Å². The van der Waals surface area contributed by atoms with Gasteiger partial charge in [0.15, 0.2) is 0 Å². The van der Waals surface area contributed by atoms with E-state index < -0.39 is 0 Å². The van der Waals surface area contributed by atoms with E-state index in [0.717, 1.165) is 6.42 Å². The number of esters is 1. The minimum atomic E-state index is -0.280. The fourth-order valence-corrected chi connectivity index (χ4v) is 0.994. The number of methoxy groups -OCH3 is 1. The lowest BCUT2D eigenvalue weighted by Gasteiger charge is -1.99. The molecular formula is C12H18O2. The first-order valence-electron chi connectivity index (χ1n) is 4.95. The summed E-state index contributed by atoms with van der Waals surface area (Å²) in [7, 11) is 1.38. The van der Waals surface area contributed by atoms with Crippen LogP contribution in [0.3, 0.4) is 0 Å². The molecule has 0 aromatic heterocycles. The Morgan fingerprint density at radius 2 is 1.71 bits per heavy atom. The summed E-state index contributed by atoms with van der Waals surface area (Å²) in [4.78, 5) is 11.0. The number of hydrogen-bond acceptors (Lipinski definition) is 2. The van der Waals surface area contributed by atoms with E-state index in [0.29, 0.717) is 5.56 Å². The highest BCUT2D eigenvalue weighted by molar-refractivity contribution is 5.89. The molecule has 0 radical (unpaired) electrons.